The third-order valence-corrected chi connectivity index (χ3v) is 14.3. The average Bonchev–Trinajstić information content (AvgIpc) is 3.92. The molecule has 69 heavy (non-hydrogen) atoms. The first-order valence-electron chi connectivity index (χ1n) is 23.8. The van der Waals surface area contributed by atoms with Crippen molar-refractivity contribution >= 4 is 38.9 Å². The topological polar surface area (TPSA) is 8.17 Å². The lowest BCUT2D eigenvalue weighted by atomic mass is 9.68. The zero-order valence-corrected chi connectivity index (χ0v) is 38.0. The minimum Gasteiger partial charge on any atom is -0.310 e. The van der Waals surface area contributed by atoms with E-state index in [4.69, 9.17) is 0 Å². The molecule has 324 valence electrons. The monoisotopic (exact) mass is 878 g/mol. The lowest BCUT2D eigenvalue weighted by Gasteiger charge is -2.33. The van der Waals surface area contributed by atoms with Gasteiger partial charge in [-0.2, -0.15) is 0 Å². The summed E-state index contributed by atoms with van der Waals surface area (Å²) in [6, 6.07) is 102. The van der Waals surface area contributed by atoms with Gasteiger partial charge in [-0.25, -0.2) is 0 Å². The molecule has 0 saturated heterocycles. The van der Waals surface area contributed by atoms with Crippen LogP contribution in [0.3, 0.4) is 0 Å². The Hall–Kier alpha value is -8.98. The predicted molar refractivity (Wildman–Crippen MR) is 289 cm³/mol. The highest BCUT2D eigenvalue weighted by Crippen LogP contribution is 2.56. The lowest BCUT2D eigenvalue weighted by molar-refractivity contribution is 0.768. The van der Waals surface area contributed by atoms with Crippen LogP contribution in [-0.4, -0.2) is 4.57 Å². The predicted octanol–water partition coefficient (Wildman–Crippen LogP) is 17.6. The molecule has 0 atom stereocenters. The van der Waals surface area contributed by atoms with Crippen LogP contribution in [0.5, 0.6) is 0 Å². The summed E-state index contributed by atoms with van der Waals surface area (Å²) in [5.74, 6) is 0. The van der Waals surface area contributed by atoms with E-state index in [0.29, 0.717) is 0 Å². The molecular weight excluding hydrogens is 833 g/mol. The zero-order chi connectivity index (χ0) is 45.7. The van der Waals surface area contributed by atoms with Gasteiger partial charge in [0.15, 0.2) is 0 Å². The highest BCUT2D eigenvalue weighted by molar-refractivity contribution is 6.11. The molecule has 13 rings (SSSR count). The number of anilines is 3. The van der Waals surface area contributed by atoms with Gasteiger partial charge in [-0.15, -0.1) is 0 Å². The van der Waals surface area contributed by atoms with Crippen LogP contribution >= 0.6 is 0 Å². The molecule has 1 aliphatic carbocycles. The summed E-state index contributed by atoms with van der Waals surface area (Å²) in [6.45, 7) is 0. The van der Waals surface area contributed by atoms with Gasteiger partial charge in [-0.1, -0.05) is 224 Å². The van der Waals surface area contributed by atoms with E-state index in [0.717, 1.165) is 39.4 Å². The number of para-hydroxylation sites is 2. The fourth-order valence-electron chi connectivity index (χ4n) is 11.2. The Kier molecular flexibility index (Phi) is 9.77. The molecule has 0 aliphatic heterocycles. The van der Waals surface area contributed by atoms with Gasteiger partial charge >= 0.3 is 0 Å². The molecule has 1 aliphatic rings. The van der Waals surface area contributed by atoms with Crippen molar-refractivity contribution in [3.8, 4) is 50.2 Å². The molecule has 1 aromatic heterocycles. The van der Waals surface area contributed by atoms with Crippen molar-refractivity contribution < 1.29 is 0 Å². The SMILES string of the molecule is c1ccc(-c2ccc(N(c3ccc(-c4ccccc4)cc3)c3ccccc3-c3ccc4c5ccccc5n(-c5ccc6c(c5)-c5ccccc5C6(c5ccccc5)c5ccccc5)c4c3)cc2)cc1. The van der Waals surface area contributed by atoms with Crippen LogP contribution in [0.4, 0.5) is 17.1 Å². The highest BCUT2D eigenvalue weighted by atomic mass is 15.1. The number of nitrogens with zero attached hydrogens (tertiary/aromatic N) is 2. The first-order chi connectivity index (χ1) is 34.2. The Bertz CT molecular complexity index is 3680. The van der Waals surface area contributed by atoms with Gasteiger partial charge in [0.05, 0.1) is 22.1 Å². The van der Waals surface area contributed by atoms with E-state index >= 15 is 0 Å². The van der Waals surface area contributed by atoms with Gasteiger partial charge in [-0.3, -0.25) is 0 Å². The van der Waals surface area contributed by atoms with E-state index in [-0.39, 0.29) is 0 Å². The van der Waals surface area contributed by atoms with Crippen molar-refractivity contribution in [3.63, 3.8) is 0 Å². The molecule has 0 unspecified atom stereocenters. The summed E-state index contributed by atoms with van der Waals surface area (Å²) in [4.78, 5) is 2.41. The quantitative estimate of drug-likeness (QED) is 0.140. The first kappa shape index (κ1) is 40.3. The van der Waals surface area contributed by atoms with E-state index in [1.807, 2.05) is 0 Å². The standard InChI is InChI=1S/C67H46N2/c1-5-19-47(20-6-1)49-33-38-54(39-34-49)68(55-40-35-50(36-41-55)48-21-7-2-8-22-48)64-31-17-14-27-57(64)51-37-43-60-59-29-15-18-32-65(59)69(66(60)45-51)56-42-44-63-61(46-56)58-28-13-16-30-62(58)67(63,52-23-9-3-10-24-52)53-25-11-4-12-26-53/h1-46H. The summed E-state index contributed by atoms with van der Waals surface area (Å²) in [6.07, 6.45) is 0. The van der Waals surface area contributed by atoms with Crippen LogP contribution in [0.2, 0.25) is 0 Å². The van der Waals surface area contributed by atoms with Crippen LogP contribution in [0.25, 0.3) is 72.0 Å². The smallest absolute Gasteiger partial charge is 0.0713 e. The van der Waals surface area contributed by atoms with Crippen molar-refractivity contribution in [2.75, 3.05) is 4.90 Å². The Morgan fingerprint density at radius 2 is 0.754 bits per heavy atom. The normalized spacial score (nSPS) is 12.5. The molecule has 2 nitrogen and oxygen atoms in total. The summed E-state index contributed by atoms with van der Waals surface area (Å²) in [5.41, 5.74) is 21.0. The zero-order valence-electron chi connectivity index (χ0n) is 38.0. The fraction of sp³-hybridized carbons (Fsp3) is 0.0149. The molecule has 1 heterocycles. The Labute approximate surface area is 403 Å². The molecule has 0 radical (unpaired) electrons. The molecule has 0 amide bonds. The summed E-state index contributed by atoms with van der Waals surface area (Å²) < 4.78 is 2.48. The molecule has 12 aromatic rings. The maximum atomic E-state index is 2.48. The Morgan fingerprint density at radius 3 is 1.38 bits per heavy atom. The summed E-state index contributed by atoms with van der Waals surface area (Å²) in [5, 5.41) is 2.45. The van der Waals surface area contributed by atoms with Gasteiger partial charge < -0.3 is 9.47 Å². The second-order valence-corrected chi connectivity index (χ2v) is 18.0. The maximum Gasteiger partial charge on any atom is 0.0713 e. The van der Waals surface area contributed by atoms with E-state index in [1.54, 1.807) is 0 Å². The molecule has 0 saturated carbocycles. The Morgan fingerprint density at radius 1 is 0.290 bits per heavy atom. The summed E-state index contributed by atoms with van der Waals surface area (Å²) >= 11 is 0. The third kappa shape index (κ3) is 6.64. The molecule has 0 spiro atoms. The van der Waals surface area contributed by atoms with Crippen molar-refractivity contribution in [1.82, 2.24) is 4.57 Å². The minimum atomic E-state index is -0.458. The molecule has 0 fully saturated rings. The maximum absolute atomic E-state index is 2.48. The number of aromatic nitrogens is 1. The number of fused-ring (bicyclic) bond motifs is 6. The van der Waals surface area contributed by atoms with Gasteiger partial charge in [0.25, 0.3) is 0 Å². The second kappa shape index (κ2) is 16.7. The van der Waals surface area contributed by atoms with Gasteiger partial charge in [0.2, 0.25) is 0 Å². The molecule has 11 aromatic carbocycles. The van der Waals surface area contributed by atoms with Gasteiger partial charge in [0, 0.05) is 33.4 Å². The van der Waals surface area contributed by atoms with E-state index in [1.165, 1.54) is 71.9 Å². The van der Waals surface area contributed by atoms with Gasteiger partial charge in [-0.05, 0) is 116 Å². The first-order valence-corrected chi connectivity index (χ1v) is 23.8. The molecule has 2 heteroatoms. The highest BCUT2D eigenvalue weighted by Gasteiger charge is 2.46. The number of benzene rings is 11. The molecule has 0 N–H and O–H groups in total. The van der Waals surface area contributed by atoms with Crippen LogP contribution in [0, 0.1) is 0 Å². The van der Waals surface area contributed by atoms with Crippen molar-refractivity contribution in [3.05, 3.63) is 301 Å². The largest absolute Gasteiger partial charge is 0.310 e. The molecule has 0 bridgehead atoms. The Balaban J connectivity index is 0.984. The van der Waals surface area contributed by atoms with E-state index in [2.05, 4.69) is 289 Å². The van der Waals surface area contributed by atoms with Crippen LogP contribution < -0.4 is 4.90 Å². The van der Waals surface area contributed by atoms with Crippen molar-refractivity contribution in [2.45, 2.75) is 5.41 Å². The number of hydrogen-bond donors (Lipinski definition) is 0. The van der Waals surface area contributed by atoms with Crippen LogP contribution in [0.15, 0.2) is 279 Å². The minimum absolute atomic E-state index is 0.458. The van der Waals surface area contributed by atoms with Crippen molar-refractivity contribution in [1.29, 1.82) is 0 Å². The fourth-order valence-corrected chi connectivity index (χ4v) is 11.2. The lowest BCUT2D eigenvalue weighted by Crippen LogP contribution is -2.28. The van der Waals surface area contributed by atoms with Crippen LogP contribution in [0.1, 0.15) is 22.3 Å². The number of rotatable bonds is 9. The molecular formula is C67H46N2. The van der Waals surface area contributed by atoms with Crippen LogP contribution in [-0.2, 0) is 5.41 Å². The number of hydrogen-bond acceptors (Lipinski definition) is 1. The average molecular weight is 879 g/mol. The second-order valence-electron chi connectivity index (χ2n) is 18.0. The summed E-state index contributed by atoms with van der Waals surface area (Å²) in [7, 11) is 0. The van der Waals surface area contributed by atoms with Gasteiger partial charge in [0.1, 0.15) is 0 Å². The third-order valence-electron chi connectivity index (χ3n) is 14.3. The van der Waals surface area contributed by atoms with E-state index in [9.17, 15) is 0 Å². The van der Waals surface area contributed by atoms with Crippen molar-refractivity contribution in [2.24, 2.45) is 0 Å². The van der Waals surface area contributed by atoms with E-state index < -0.39 is 5.41 Å².